The molecule has 1 unspecified atom stereocenters. The molecule has 0 radical (unpaired) electrons. The molecule has 0 aromatic carbocycles. The maximum Gasteiger partial charge on any atom is 0.191 e. The van der Waals surface area contributed by atoms with Gasteiger partial charge in [0.15, 0.2) is 5.89 Å². The highest BCUT2D eigenvalue weighted by Gasteiger charge is 2.22. The SMILES string of the molecule is Cc1nc(C)c(C2CCNC2)o1. The molecule has 3 nitrogen and oxygen atoms in total. The number of aryl methyl sites for hydroxylation is 2. The molecule has 0 saturated carbocycles. The summed E-state index contributed by atoms with van der Waals surface area (Å²) in [7, 11) is 0. The van der Waals surface area contributed by atoms with Crippen LogP contribution in [0.5, 0.6) is 0 Å². The Morgan fingerprint density at radius 2 is 2.33 bits per heavy atom. The summed E-state index contributed by atoms with van der Waals surface area (Å²) in [4.78, 5) is 4.26. The second-order valence-electron chi connectivity index (χ2n) is 3.37. The van der Waals surface area contributed by atoms with Crippen LogP contribution in [-0.2, 0) is 0 Å². The second kappa shape index (κ2) is 2.90. The first-order valence-electron chi connectivity index (χ1n) is 4.42. The third-order valence-corrected chi connectivity index (χ3v) is 2.37. The summed E-state index contributed by atoms with van der Waals surface area (Å²) in [6, 6.07) is 0. The molecule has 66 valence electrons. The Bertz CT molecular complexity index is 274. The van der Waals surface area contributed by atoms with Gasteiger partial charge >= 0.3 is 0 Å². The van der Waals surface area contributed by atoms with Gasteiger partial charge in [-0.3, -0.25) is 0 Å². The second-order valence-corrected chi connectivity index (χ2v) is 3.37. The number of oxazole rings is 1. The van der Waals surface area contributed by atoms with Gasteiger partial charge in [0.25, 0.3) is 0 Å². The van der Waals surface area contributed by atoms with Crippen molar-refractivity contribution >= 4 is 0 Å². The summed E-state index contributed by atoms with van der Waals surface area (Å²) < 4.78 is 5.55. The zero-order chi connectivity index (χ0) is 8.55. The molecule has 1 fully saturated rings. The molecule has 1 atom stereocenters. The average Bonchev–Trinajstić information content (AvgIpc) is 2.58. The molecule has 2 rings (SSSR count). The van der Waals surface area contributed by atoms with Crippen molar-refractivity contribution in [2.24, 2.45) is 0 Å². The van der Waals surface area contributed by atoms with Crippen LogP contribution in [0.25, 0.3) is 0 Å². The van der Waals surface area contributed by atoms with Gasteiger partial charge in [-0.2, -0.15) is 0 Å². The first-order chi connectivity index (χ1) is 5.77. The molecule has 0 bridgehead atoms. The van der Waals surface area contributed by atoms with Crippen LogP contribution in [0.15, 0.2) is 4.42 Å². The van der Waals surface area contributed by atoms with Crippen molar-refractivity contribution in [2.45, 2.75) is 26.2 Å². The number of nitrogens with zero attached hydrogens (tertiary/aromatic N) is 1. The fourth-order valence-electron chi connectivity index (χ4n) is 1.80. The molecular weight excluding hydrogens is 152 g/mol. The van der Waals surface area contributed by atoms with Crippen LogP contribution in [0.2, 0.25) is 0 Å². The van der Waals surface area contributed by atoms with Crippen molar-refractivity contribution in [3.63, 3.8) is 0 Å². The lowest BCUT2D eigenvalue weighted by molar-refractivity contribution is 0.445. The Hall–Kier alpha value is -0.830. The summed E-state index contributed by atoms with van der Waals surface area (Å²) >= 11 is 0. The van der Waals surface area contributed by atoms with Crippen LogP contribution in [0, 0.1) is 13.8 Å². The van der Waals surface area contributed by atoms with Gasteiger partial charge in [0.1, 0.15) is 5.76 Å². The molecule has 1 saturated heterocycles. The molecule has 1 aliphatic heterocycles. The Kier molecular flexibility index (Phi) is 1.89. The van der Waals surface area contributed by atoms with E-state index in [0.29, 0.717) is 5.92 Å². The van der Waals surface area contributed by atoms with Crippen molar-refractivity contribution in [2.75, 3.05) is 13.1 Å². The fraction of sp³-hybridized carbons (Fsp3) is 0.667. The van der Waals surface area contributed by atoms with Gasteiger partial charge < -0.3 is 9.73 Å². The summed E-state index contributed by atoms with van der Waals surface area (Å²) in [5.74, 6) is 2.41. The van der Waals surface area contributed by atoms with E-state index in [1.807, 2.05) is 13.8 Å². The van der Waals surface area contributed by atoms with E-state index >= 15 is 0 Å². The van der Waals surface area contributed by atoms with E-state index < -0.39 is 0 Å². The number of hydrogen-bond acceptors (Lipinski definition) is 3. The Morgan fingerprint density at radius 1 is 1.50 bits per heavy atom. The van der Waals surface area contributed by atoms with E-state index in [0.717, 1.165) is 30.4 Å². The van der Waals surface area contributed by atoms with Crippen LogP contribution in [0.1, 0.15) is 29.7 Å². The molecule has 0 aliphatic carbocycles. The maximum absolute atomic E-state index is 5.55. The highest BCUT2D eigenvalue weighted by molar-refractivity contribution is 5.14. The predicted molar refractivity (Wildman–Crippen MR) is 46.2 cm³/mol. The lowest BCUT2D eigenvalue weighted by atomic mass is 10.1. The quantitative estimate of drug-likeness (QED) is 0.684. The highest BCUT2D eigenvalue weighted by atomic mass is 16.4. The molecule has 1 aliphatic rings. The minimum absolute atomic E-state index is 0.547. The Balaban J connectivity index is 2.25. The third kappa shape index (κ3) is 1.25. The molecule has 0 amide bonds. The molecule has 1 aromatic rings. The van der Waals surface area contributed by atoms with Gasteiger partial charge in [0, 0.05) is 19.4 Å². The Morgan fingerprint density at radius 3 is 2.83 bits per heavy atom. The van der Waals surface area contributed by atoms with Gasteiger partial charge in [-0.25, -0.2) is 4.98 Å². The normalized spacial score (nSPS) is 23.3. The zero-order valence-corrected chi connectivity index (χ0v) is 7.55. The van der Waals surface area contributed by atoms with Gasteiger partial charge in [-0.15, -0.1) is 0 Å². The van der Waals surface area contributed by atoms with Gasteiger partial charge in [0.05, 0.1) is 5.69 Å². The first kappa shape index (κ1) is 7.80. The number of rotatable bonds is 1. The number of aromatic nitrogens is 1. The molecule has 1 aromatic heterocycles. The van der Waals surface area contributed by atoms with E-state index in [4.69, 9.17) is 4.42 Å². The molecule has 1 N–H and O–H groups in total. The minimum Gasteiger partial charge on any atom is -0.445 e. The van der Waals surface area contributed by atoms with Crippen LogP contribution in [0.3, 0.4) is 0 Å². The van der Waals surface area contributed by atoms with Crippen LogP contribution >= 0.6 is 0 Å². The monoisotopic (exact) mass is 166 g/mol. The largest absolute Gasteiger partial charge is 0.445 e. The van der Waals surface area contributed by atoms with E-state index in [1.54, 1.807) is 0 Å². The minimum atomic E-state index is 0.547. The third-order valence-electron chi connectivity index (χ3n) is 2.37. The smallest absolute Gasteiger partial charge is 0.191 e. The van der Waals surface area contributed by atoms with Crippen molar-refractivity contribution in [1.29, 1.82) is 0 Å². The van der Waals surface area contributed by atoms with Crippen molar-refractivity contribution in [3.8, 4) is 0 Å². The predicted octanol–water partition coefficient (Wildman–Crippen LogP) is 1.37. The van der Waals surface area contributed by atoms with E-state index in [-0.39, 0.29) is 0 Å². The van der Waals surface area contributed by atoms with Crippen LogP contribution < -0.4 is 5.32 Å². The van der Waals surface area contributed by atoms with Gasteiger partial charge in [-0.05, 0) is 19.9 Å². The average molecular weight is 166 g/mol. The lowest BCUT2D eigenvalue weighted by Crippen LogP contribution is -2.08. The summed E-state index contributed by atoms with van der Waals surface area (Å²) in [6.45, 7) is 6.06. The fourth-order valence-corrected chi connectivity index (χ4v) is 1.80. The number of hydrogen-bond donors (Lipinski definition) is 1. The zero-order valence-electron chi connectivity index (χ0n) is 7.55. The maximum atomic E-state index is 5.55. The van der Waals surface area contributed by atoms with E-state index in [9.17, 15) is 0 Å². The van der Waals surface area contributed by atoms with E-state index in [1.165, 1.54) is 6.42 Å². The Labute approximate surface area is 72.2 Å². The van der Waals surface area contributed by atoms with Crippen molar-refractivity contribution < 1.29 is 4.42 Å². The van der Waals surface area contributed by atoms with Crippen molar-refractivity contribution in [3.05, 3.63) is 17.3 Å². The summed E-state index contributed by atoms with van der Waals surface area (Å²) in [5.41, 5.74) is 1.06. The van der Waals surface area contributed by atoms with Gasteiger partial charge in [0.2, 0.25) is 0 Å². The van der Waals surface area contributed by atoms with Gasteiger partial charge in [-0.1, -0.05) is 0 Å². The molecule has 3 heteroatoms. The molecule has 2 heterocycles. The molecule has 12 heavy (non-hydrogen) atoms. The highest BCUT2D eigenvalue weighted by Crippen LogP contribution is 2.25. The van der Waals surface area contributed by atoms with E-state index in [2.05, 4.69) is 10.3 Å². The standard InChI is InChI=1S/C9H14N2O/c1-6-9(12-7(2)11-6)8-3-4-10-5-8/h8,10H,3-5H2,1-2H3. The first-order valence-corrected chi connectivity index (χ1v) is 4.42. The van der Waals surface area contributed by atoms with Crippen LogP contribution in [0.4, 0.5) is 0 Å². The summed E-state index contributed by atoms with van der Waals surface area (Å²) in [6.07, 6.45) is 1.18. The van der Waals surface area contributed by atoms with Crippen molar-refractivity contribution in [1.82, 2.24) is 10.3 Å². The molecule has 0 spiro atoms. The van der Waals surface area contributed by atoms with Crippen LogP contribution in [-0.4, -0.2) is 18.1 Å². The number of nitrogens with one attached hydrogen (secondary N) is 1. The summed E-state index contributed by atoms with van der Waals surface area (Å²) in [5, 5.41) is 3.32. The lowest BCUT2D eigenvalue weighted by Gasteiger charge is -2.03. The molecular formula is C9H14N2O. The topological polar surface area (TPSA) is 38.1 Å².